The third-order valence-corrected chi connectivity index (χ3v) is 9.10. The molecule has 1 heterocycles. The van der Waals surface area contributed by atoms with Gasteiger partial charge in [0, 0.05) is 6.54 Å². The molecular formula is C29H34Cl2F3N3O4. The lowest BCUT2D eigenvalue weighted by molar-refractivity contribution is -0.152. The van der Waals surface area contributed by atoms with Crippen LogP contribution in [0.3, 0.4) is 0 Å². The SMILES string of the molecule is Cc1cc(Cl)c(C(=O)CN(CC2CCCCC2)C(=O)c2cnn([C@H]3CC[C@](C)(C(=O)O)CC3)c2C(F)(F)F)c(Cl)c1. The molecule has 0 atom stereocenters. The van der Waals surface area contributed by atoms with E-state index >= 15 is 0 Å². The van der Waals surface area contributed by atoms with Gasteiger partial charge in [-0.25, -0.2) is 0 Å². The standard InChI is InChI=1S/C29H34Cl2F3N3O4/c1-17-12-21(30)24(22(31)13-17)23(38)16-36(15-18-6-4-3-5-7-18)26(39)20-14-35-37(25(20)29(32,33)34)19-8-10-28(2,11-9-19)27(40)41/h12-14,18-19H,3-11,15-16H2,1-2H3,(H,40,41)/t19-,28-. The molecule has 0 saturated heterocycles. The first kappa shape index (κ1) is 31.3. The highest BCUT2D eigenvalue weighted by Crippen LogP contribution is 2.43. The molecule has 0 unspecified atom stereocenters. The van der Waals surface area contributed by atoms with E-state index in [0.29, 0.717) is 0 Å². The zero-order chi connectivity index (χ0) is 30.1. The molecule has 0 bridgehead atoms. The Kier molecular flexibility index (Phi) is 9.43. The number of benzene rings is 1. The van der Waals surface area contributed by atoms with Crippen molar-refractivity contribution in [3.05, 3.63) is 50.8 Å². The number of ketones is 1. The van der Waals surface area contributed by atoms with Gasteiger partial charge in [0.2, 0.25) is 0 Å². The molecule has 2 saturated carbocycles. The first-order valence-electron chi connectivity index (χ1n) is 13.9. The number of nitrogens with zero attached hydrogens (tertiary/aromatic N) is 3. The number of alkyl halides is 3. The number of carbonyl (C=O) groups excluding carboxylic acids is 2. The molecule has 1 aromatic carbocycles. The summed E-state index contributed by atoms with van der Waals surface area (Å²) in [5, 5.41) is 13.7. The van der Waals surface area contributed by atoms with Crippen LogP contribution in [0.5, 0.6) is 0 Å². The molecule has 0 aliphatic heterocycles. The largest absolute Gasteiger partial charge is 0.481 e. The fraction of sp³-hybridized carbons (Fsp3) is 0.586. The van der Waals surface area contributed by atoms with E-state index in [9.17, 15) is 32.7 Å². The number of carbonyl (C=O) groups is 3. The van der Waals surface area contributed by atoms with Crippen molar-refractivity contribution >= 4 is 40.9 Å². The highest BCUT2D eigenvalue weighted by Gasteiger charge is 2.45. The monoisotopic (exact) mass is 615 g/mol. The summed E-state index contributed by atoms with van der Waals surface area (Å²) in [6.07, 6.45) is 1.29. The van der Waals surface area contributed by atoms with Crippen molar-refractivity contribution in [2.24, 2.45) is 11.3 Å². The van der Waals surface area contributed by atoms with Crippen LogP contribution in [-0.4, -0.2) is 50.5 Å². The number of hydrogen-bond acceptors (Lipinski definition) is 4. The number of aliphatic carboxylic acids is 1. The number of hydrogen-bond donors (Lipinski definition) is 1. The highest BCUT2D eigenvalue weighted by atomic mass is 35.5. The van der Waals surface area contributed by atoms with E-state index in [1.54, 1.807) is 26.0 Å². The molecule has 2 aliphatic carbocycles. The maximum atomic E-state index is 14.5. The van der Waals surface area contributed by atoms with Crippen LogP contribution in [0, 0.1) is 18.3 Å². The third-order valence-electron chi connectivity index (χ3n) is 8.51. The molecule has 7 nitrogen and oxygen atoms in total. The number of rotatable bonds is 8. The van der Waals surface area contributed by atoms with Crippen molar-refractivity contribution in [2.45, 2.75) is 83.9 Å². The molecule has 2 aromatic rings. The molecule has 12 heteroatoms. The fourth-order valence-corrected chi connectivity index (χ4v) is 6.87. The summed E-state index contributed by atoms with van der Waals surface area (Å²) >= 11 is 12.6. The molecule has 0 radical (unpaired) electrons. The Morgan fingerprint density at radius 3 is 2.20 bits per heavy atom. The Bertz CT molecular complexity index is 1290. The van der Waals surface area contributed by atoms with Gasteiger partial charge >= 0.3 is 12.1 Å². The van der Waals surface area contributed by atoms with Crippen LogP contribution < -0.4 is 0 Å². The highest BCUT2D eigenvalue weighted by molar-refractivity contribution is 6.40. The lowest BCUT2D eigenvalue weighted by atomic mass is 9.74. The second-order valence-electron chi connectivity index (χ2n) is 11.7. The Balaban J connectivity index is 1.67. The van der Waals surface area contributed by atoms with Gasteiger partial charge in [-0.1, -0.05) is 42.5 Å². The van der Waals surface area contributed by atoms with E-state index < -0.39 is 53.1 Å². The van der Waals surface area contributed by atoms with Gasteiger partial charge < -0.3 is 10.0 Å². The average molecular weight is 617 g/mol. The summed E-state index contributed by atoms with van der Waals surface area (Å²) in [6, 6.07) is 2.43. The first-order valence-corrected chi connectivity index (χ1v) is 14.6. The fourth-order valence-electron chi connectivity index (χ4n) is 6.07. The predicted molar refractivity (Wildman–Crippen MR) is 148 cm³/mol. The number of halogens is 5. The smallest absolute Gasteiger partial charge is 0.433 e. The predicted octanol–water partition coefficient (Wildman–Crippen LogP) is 7.63. The van der Waals surface area contributed by atoms with Crippen molar-refractivity contribution in [3.8, 4) is 0 Å². The Morgan fingerprint density at radius 1 is 1.07 bits per heavy atom. The number of carboxylic acid groups (broad SMARTS) is 1. The van der Waals surface area contributed by atoms with Crippen LogP contribution in [0.15, 0.2) is 18.3 Å². The number of Topliss-reactive ketones (excluding diaryl/α,β-unsaturated/α-hetero) is 1. The molecule has 2 aliphatic rings. The van der Waals surface area contributed by atoms with Gasteiger partial charge in [0.05, 0.1) is 45.4 Å². The molecular weight excluding hydrogens is 582 g/mol. The minimum atomic E-state index is -4.90. The number of amides is 1. The van der Waals surface area contributed by atoms with E-state index in [1.165, 1.54) is 4.90 Å². The van der Waals surface area contributed by atoms with Gasteiger partial charge in [0.15, 0.2) is 11.5 Å². The Hall–Kier alpha value is -2.59. The van der Waals surface area contributed by atoms with Crippen LogP contribution in [0.1, 0.15) is 103 Å². The van der Waals surface area contributed by atoms with E-state index in [0.717, 1.165) is 48.5 Å². The molecule has 224 valence electrons. The summed E-state index contributed by atoms with van der Waals surface area (Å²) in [4.78, 5) is 40.0. The second kappa shape index (κ2) is 12.3. The first-order chi connectivity index (χ1) is 19.2. The normalized spacial score (nSPS) is 22.0. The topological polar surface area (TPSA) is 92.5 Å². The number of carboxylic acids is 1. The minimum absolute atomic E-state index is 0.0239. The Morgan fingerprint density at radius 2 is 1.66 bits per heavy atom. The Labute approximate surface area is 247 Å². The second-order valence-corrected chi connectivity index (χ2v) is 12.5. The van der Waals surface area contributed by atoms with Crippen LogP contribution in [0.25, 0.3) is 0 Å². The van der Waals surface area contributed by atoms with Crippen LogP contribution in [0.2, 0.25) is 10.0 Å². The average Bonchev–Trinajstić information content (AvgIpc) is 3.34. The van der Waals surface area contributed by atoms with E-state index in [-0.39, 0.29) is 53.8 Å². The van der Waals surface area contributed by atoms with Gasteiger partial charge in [0.1, 0.15) is 0 Å². The van der Waals surface area contributed by atoms with Crippen LogP contribution >= 0.6 is 23.2 Å². The lowest BCUT2D eigenvalue weighted by Crippen LogP contribution is -2.40. The molecule has 1 N–H and O–H groups in total. The molecule has 1 aromatic heterocycles. The molecule has 1 amide bonds. The maximum Gasteiger partial charge on any atom is 0.433 e. The van der Waals surface area contributed by atoms with Crippen molar-refractivity contribution in [2.75, 3.05) is 13.1 Å². The van der Waals surface area contributed by atoms with Crippen molar-refractivity contribution < 1.29 is 32.7 Å². The van der Waals surface area contributed by atoms with Crippen LogP contribution in [-0.2, 0) is 11.0 Å². The van der Waals surface area contributed by atoms with Crippen LogP contribution in [0.4, 0.5) is 13.2 Å². The van der Waals surface area contributed by atoms with Gasteiger partial charge in [-0.2, -0.15) is 18.3 Å². The van der Waals surface area contributed by atoms with Gasteiger partial charge in [0.25, 0.3) is 5.91 Å². The van der Waals surface area contributed by atoms with Gasteiger partial charge in [-0.15, -0.1) is 0 Å². The summed E-state index contributed by atoms with van der Waals surface area (Å²) in [5.74, 6) is -2.44. The maximum absolute atomic E-state index is 14.5. The summed E-state index contributed by atoms with van der Waals surface area (Å²) in [5.41, 5.74) is -2.07. The quantitative estimate of drug-likeness (QED) is 0.308. The van der Waals surface area contributed by atoms with Gasteiger partial charge in [-0.05, 0) is 76.0 Å². The minimum Gasteiger partial charge on any atom is -0.481 e. The van der Waals surface area contributed by atoms with Crippen molar-refractivity contribution in [1.82, 2.24) is 14.7 Å². The summed E-state index contributed by atoms with van der Waals surface area (Å²) in [7, 11) is 0. The van der Waals surface area contributed by atoms with Crippen molar-refractivity contribution in [1.29, 1.82) is 0 Å². The lowest BCUT2D eigenvalue weighted by Gasteiger charge is -2.34. The number of aryl methyl sites for hydroxylation is 1. The molecule has 0 spiro atoms. The third kappa shape index (κ3) is 6.91. The zero-order valence-electron chi connectivity index (χ0n) is 23.1. The molecule has 4 rings (SSSR count). The van der Waals surface area contributed by atoms with E-state index in [2.05, 4.69) is 5.10 Å². The van der Waals surface area contributed by atoms with E-state index in [1.807, 2.05) is 0 Å². The molecule has 2 fully saturated rings. The number of aromatic nitrogens is 2. The zero-order valence-corrected chi connectivity index (χ0v) is 24.6. The van der Waals surface area contributed by atoms with Gasteiger partial charge in [-0.3, -0.25) is 19.1 Å². The molecule has 41 heavy (non-hydrogen) atoms. The van der Waals surface area contributed by atoms with E-state index in [4.69, 9.17) is 23.2 Å². The summed E-state index contributed by atoms with van der Waals surface area (Å²) in [6.45, 7) is 2.98. The van der Waals surface area contributed by atoms with Crippen molar-refractivity contribution in [3.63, 3.8) is 0 Å². The summed E-state index contributed by atoms with van der Waals surface area (Å²) < 4.78 is 44.3.